The first-order valence-corrected chi connectivity index (χ1v) is 5.39. The van der Waals surface area contributed by atoms with Gasteiger partial charge in [0, 0.05) is 25.1 Å². The number of halogens is 1. The molecule has 0 spiro atoms. The first-order chi connectivity index (χ1) is 6.09. The Bertz CT molecular complexity index is 161. The average Bonchev–Trinajstić information content (AvgIpc) is 2.10. The molecule has 0 amide bonds. The van der Waals surface area contributed by atoms with Crippen molar-refractivity contribution in [3.8, 4) is 0 Å². The quantitative estimate of drug-likeness (QED) is 0.548. The van der Waals surface area contributed by atoms with Gasteiger partial charge in [-0.3, -0.25) is 0 Å². The van der Waals surface area contributed by atoms with Gasteiger partial charge in [-0.15, -0.1) is 11.6 Å². The molecule has 2 nitrogen and oxygen atoms in total. The van der Waals surface area contributed by atoms with Crippen LogP contribution in [0.25, 0.3) is 0 Å². The van der Waals surface area contributed by atoms with Crippen LogP contribution in [0.3, 0.4) is 0 Å². The van der Waals surface area contributed by atoms with E-state index in [0.29, 0.717) is 11.4 Å². The predicted octanol–water partition coefficient (Wildman–Crippen LogP) is 2.02. The zero-order chi connectivity index (χ0) is 9.90. The number of nitrogens with one attached hydrogen (secondary N) is 1. The van der Waals surface area contributed by atoms with E-state index in [9.17, 15) is 0 Å². The molecule has 0 heterocycles. The molecule has 1 rings (SSSR count). The van der Waals surface area contributed by atoms with Gasteiger partial charge < -0.3 is 10.1 Å². The summed E-state index contributed by atoms with van der Waals surface area (Å²) in [6.45, 7) is 6.32. The molecular weight excluding hydrogens is 186 g/mol. The summed E-state index contributed by atoms with van der Waals surface area (Å²) in [6.07, 6.45) is 2.18. The molecule has 0 bridgehead atoms. The van der Waals surface area contributed by atoms with Crippen LogP contribution in [0.1, 0.15) is 26.7 Å². The van der Waals surface area contributed by atoms with Crippen LogP contribution in [0.2, 0.25) is 0 Å². The highest BCUT2D eigenvalue weighted by Gasteiger charge is 2.46. The summed E-state index contributed by atoms with van der Waals surface area (Å²) in [5.74, 6) is 0. The lowest BCUT2D eigenvalue weighted by Gasteiger charge is -2.49. The molecule has 1 aliphatic carbocycles. The Balaban J connectivity index is 2.10. The fourth-order valence-electron chi connectivity index (χ4n) is 1.71. The summed E-state index contributed by atoms with van der Waals surface area (Å²) in [7, 11) is 1.74. The number of hydrogen-bond acceptors (Lipinski definition) is 2. The van der Waals surface area contributed by atoms with Crippen molar-refractivity contribution in [3.05, 3.63) is 0 Å². The maximum Gasteiger partial charge on any atom is 0.0474 e. The van der Waals surface area contributed by atoms with E-state index in [1.807, 2.05) is 0 Å². The molecule has 78 valence electrons. The minimum atomic E-state index is 0.259. The SMILES string of the molecule is COCCCNC1CC(Cl)C1(C)C. The van der Waals surface area contributed by atoms with Crippen molar-refractivity contribution in [2.45, 2.75) is 38.1 Å². The summed E-state index contributed by atoms with van der Waals surface area (Å²) < 4.78 is 4.98. The summed E-state index contributed by atoms with van der Waals surface area (Å²) >= 11 is 6.11. The second-order valence-corrected chi connectivity index (χ2v) is 4.90. The van der Waals surface area contributed by atoms with E-state index >= 15 is 0 Å². The van der Waals surface area contributed by atoms with Gasteiger partial charge in [-0.1, -0.05) is 13.8 Å². The molecule has 0 aliphatic heterocycles. The Labute approximate surface area is 86.0 Å². The summed E-state index contributed by atoms with van der Waals surface area (Å²) in [5.41, 5.74) is 0.259. The second kappa shape index (κ2) is 4.63. The van der Waals surface area contributed by atoms with Crippen LogP contribution in [-0.2, 0) is 4.74 Å². The van der Waals surface area contributed by atoms with E-state index in [4.69, 9.17) is 16.3 Å². The molecule has 0 aromatic rings. The predicted molar refractivity (Wildman–Crippen MR) is 56.3 cm³/mol. The van der Waals surface area contributed by atoms with Crippen molar-refractivity contribution in [3.63, 3.8) is 0 Å². The number of alkyl halides is 1. The second-order valence-electron chi connectivity index (χ2n) is 4.38. The Morgan fingerprint density at radius 2 is 2.23 bits per heavy atom. The zero-order valence-electron chi connectivity index (χ0n) is 8.77. The third-order valence-electron chi connectivity index (χ3n) is 3.06. The van der Waals surface area contributed by atoms with Gasteiger partial charge in [-0.25, -0.2) is 0 Å². The van der Waals surface area contributed by atoms with Crippen LogP contribution in [0.5, 0.6) is 0 Å². The molecule has 1 aliphatic rings. The number of ether oxygens (including phenoxy) is 1. The van der Waals surface area contributed by atoms with Crippen molar-refractivity contribution in [1.82, 2.24) is 5.32 Å². The highest BCUT2D eigenvalue weighted by molar-refractivity contribution is 6.21. The monoisotopic (exact) mass is 205 g/mol. The lowest BCUT2D eigenvalue weighted by Crippen LogP contribution is -2.58. The van der Waals surface area contributed by atoms with E-state index in [1.54, 1.807) is 7.11 Å². The van der Waals surface area contributed by atoms with E-state index in [2.05, 4.69) is 19.2 Å². The summed E-state index contributed by atoms with van der Waals surface area (Å²) in [5, 5.41) is 3.85. The van der Waals surface area contributed by atoms with Crippen molar-refractivity contribution in [2.24, 2.45) is 5.41 Å². The first kappa shape index (κ1) is 11.3. The molecule has 2 atom stereocenters. The first-order valence-electron chi connectivity index (χ1n) is 4.95. The van der Waals surface area contributed by atoms with Gasteiger partial charge >= 0.3 is 0 Å². The van der Waals surface area contributed by atoms with Gasteiger partial charge in [0.05, 0.1) is 0 Å². The minimum Gasteiger partial charge on any atom is -0.385 e. The fourth-order valence-corrected chi connectivity index (χ4v) is 2.04. The smallest absolute Gasteiger partial charge is 0.0474 e. The Kier molecular flexibility index (Phi) is 4.02. The third-order valence-corrected chi connectivity index (χ3v) is 3.80. The Morgan fingerprint density at radius 3 is 2.69 bits per heavy atom. The Hall–Kier alpha value is 0.210. The third kappa shape index (κ3) is 2.58. The average molecular weight is 206 g/mol. The van der Waals surface area contributed by atoms with Crippen LogP contribution in [0.15, 0.2) is 0 Å². The fraction of sp³-hybridized carbons (Fsp3) is 1.00. The van der Waals surface area contributed by atoms with Gasteiger partial charge in [0.2, 0.25) is 0 Å². The van der Waals surface area contributed by atoms with Crippen LogP contribution >= 0.6 is 11.6 Å². The number of hydrogen-bond donors (Lipinski definition) is 1. The molecule has 0 radical (unpaired) electrons. The number of rotatable bonds is 5. The maximum absolute atomic E-state index is 6.11. The molecule has 0 aromatic carbocycles. The van der Waals surface area contributed by atoms with Crippen molar-refractivity contribution >= 4 is 11.6 Å². The van der Waals surface area contributed by atoms with Crippen molar-refractivity contribution < 1.29 is 4.74 Å². The normalized spacial score (nSPS) is 31.4. The molecule has 0 aromatic heterocycles. The molecule has 2 unspecified atom stereocenters. The van der Waals surface area contributed by atoms with Crippen LogP contribution in [0, 0.1) is 5.41 Å². The number of methoxy groups -OCH3 is 1. The summed E-state index contributed by atoms with van der Waals surface area (Å²) in [6, 6.07) is 0.590. The topological polar surface area (TPSA) is 21.3 Å². The Morgan fingerprint density at radius 1 is 1.54 bits per heavy atom. The van der Waals surface area contributed by atoms with Crippen LogP contribution in [-0.4, -0.2) is 31.7 Å². The van der Waals surface area contributed by atoms with Crippen molar-refractivity contribution in [2.75, 3.05) is 20.3 Å². The van der Waals surface area contributed by atoms with E-state index < -0.39 is 0 Å². The molecular formula is C10H20ClNO. The van der Waals surface area contributed by atoms with Crippen LogP contribution in [0.4, 0.5) is 0 Å². The van der Waals surface area contributed by atoms with Gasteiger partial charge in [0.25, 0.3) is 0 Å². The van der Waals surface area contributed by atoms with E-state index in [1.165, 1.54) is 0 Å². The van der Waals surface area contributed by atoms with Gasteiger partial charge in [-0.2, -0.15) is 0 Å². The summed E-state index contributed by atoms with van der Waals surface area (Å²) in [4.78, 5) is 0. The lowest BCUT2D eigenvalue weighted by molar-refractivity contribution is 0.112. The molecule has 13 heavy (non-hydrogen) atoms. The molecule has 1 saturated carbocycles. The van der Waals surface area contributed by atoms with Crippen molar-refractivity contribution in [1.29, 1.82) is 0 Å². The van der Waals surface area contributed by atoms with Gasteiger partial charge in [0.15, 0.2) is 0 Å². The molecule has 1 fully saturated rings. The van der Waals surface area contributed by atoms with E-state index in [0.717, 1.165) is 26.0 Å². The minimum absolute atomic E-state index is 0.259. The van der Waals surface area contributed by atoms with Gasteiger partial charge in [0.1, 0.15) is 0 Å². The van der Waals surface area contributed by atoms with Gasteiger partial charge in [-0.05, 0) is 24.8 Å². The highest BCUT2D eigenvalue weighted by atomic mass is 35.5. The standard InChI is InChI=1S/C10H20ClNO/c1-10(2)8(11)7-9(10)12-5-4-6-13-3/h8-9,12H,4-7H2,1-3H3. The highest BCUT2D eigenvalue weighted by Crippen LogP contribution is 2.44. The van der Waals surface area contributed by atoms with E-state index in [-0.39, 0.29) is 5.41 Å². The molecule has 0 saturated heterocycles. The largest absolute Gasteiger partial charge is 0.385 e. The lowest BCUT2D eigenvalue weighted by atomic mass is 9.67. The molecule has 1 N–H and O–H groups in total. The zero-order valence-corrected chi connectivity index (χ0v) is 9.53. The molecule has 3 heteroatoms. The van der Waals surface area contributed by atoms with Crippen LogP contribution < -0.4 is 5.32 Å². The maximum atomic E-state index is 6.11.